The van der Waals surface area contributed by atoms with Gasteiger partial charge in [-0.25, -0.2) is 4.98 Å². The third-order valence-electron chi connectivity index (χ3n) is 2.13. The number of nitrogens with zero attached hydrogens (tertiary/aromatic N) is 3. The van der Waals surface area contributed by atoms with E-state index in [1.54, 1.807) is 18.3 Å². The molecule has 0 unspecified atom stereocenters. The van der Waals surface area contributed by atoms with Crippen LogP contribution < -0.4 is 10.1 Å². The van der Waals surface area contributed by atoms with Crippen LogP contribution in [0.4, 0.5) is 18.3 Å². The second kappa shape index (κ2) is 5.39. The molecule has 5 nitrogen and oxygen atoms in total. The Balaban J connectivity index is 1.96. The van der Waals surface area contributed by atoms with Gasteiger partial charge in [0.1, 0.15) is 0 Å². The second-order valence-corrected chi connectivity index (χ2v) is 4.24. The summed E-state index contributed by atoms with van der Waals surface area (Å²) in [5.74, 6) is -0.660. The van der Waals surface area contributed by atoms with Gasteiger partial charge in [-0.1, -0.05) is 6.07 Å². The van der Waals surface area contributed by atoms with Gasteiger partial charge >= 0.3 is 6.18 Å². The van der Waals surface area contributed by atoms with Crippen molar-refractivity contribution in [2.45, 2.75) is 12.7 Å². The quantitative estimate of drug-likeness (QED) is 0.937. The Labute approximate surface area is 110 Å². The lowest BCUT2D eigenvalue weighted by Gasteiger charge is -2.03. The lowest BCUT2D eigenvalue weighted by atomic mass is 10.3. The van der Waals surface area contributed by atoms with E-state index in [-0.39, 0.29) is 5.13 Å². The largest absolute Gasteiger partial charge is 0.481 e. The van der Waals surface area contributed by atoms with E-state index in [2.05, 4.69) is 19.7 Å². The van der Waals surface area contributed by atoms with Gasteiger partial charge in [0.05, 0.1) is 7.11 Å². The number of hydrogen-bond acceptors (Lipinski definition) is 6. The van der Waals surface area contributed by atoms with Crippen molar-refractivity contribution in [3.05, 3.63) is 29.7 Å². The average molecular weight is 290 g/mol. The lowest BCUT2D eigenvalue weighted by molar-refractivity contribution is -0.144. The summed E-state index contributed by atoms with van der Waals surface area (Å²) in [5.41, 5.74) is 0.796. The number of aromatic nitrogens is 3. The number of nitrogens with one attached hydrogen (secondary N) is 1. The van der Waals surface area contributed by atoms with Gasteiger partial charge in [0, 0.05) is 30.3 Å². The molecule has 0 atom stereocenters. The topological polar surface area (TPSA) is 59.9 Å². The van der Waals surface area contributed by atoms with Crippen molar-refractivity contribution in [2.75, 3.05) is 12.4 Å². The minimum absolute atomic E-state index is 0.114. The molecule has 9 heteroatoms. The van der Waals surface area contributed by atoms with E-state index < -0.39 is 12.0 Å². The Morgan fingerprint density at radius 3 is 2.68 bits per heavy atom. The van der Waals surface area contributed by atoms with Crippen LogP contribution in [0.1, 0.15) is 11.4 Å². The van der Waals surface area contributed by atoms with Gasteiger partial charge in [-0.3, -0.25) is 0 Å². The first kappa shape index (κ1) is 13.5. The molecule has 0 aliphatic rings. The first-order chi connectivity index (χ1) is 8.99. The van der Waals surface area contributed by atoms with E-state index in [9.17, 15) is 13.2 Å². The Morgan fingerprint density at radius 2 is 2.16 bits per heavy atom. The van der Waals surface area contributed by atoms with Crippen LogP contribution >= 0.6 is 11.5 Å². The molecular weight excluding hydrogens is 281 g/mol. The lowest BCUT2D eigenvalue weighted by Crippen LogP contribution is -2.07. The van der Waals surface area contributed by atoms with Crippen LogP contribution in [0.2, 0.25) is 0 Å². The van der Waals surface area contributed by atoms with Crippen LogP contribution in [0.5, 0.6) is 5.88 Å². The number of pyridine rings is 1. The number of hydrogen-bond donors (Lipinski definition) is 1. The fraction of sp³-hybridized carbons (Fsp3) is 0.300. The molecule has 2 heterocycles. The minimum atomic E-state index is -4.52. The van der Waals surface area contributed by atoms with Crippen molar-refractivity contribution in [3.63, 3.8) is 0 Å². The summed E-state index contributed by atoms with van der Waals surface area (Å²) < 4.78 is 45.0. The SMILES string of the molecule is COc1ccc(CNc2nc(C(F)(F)F)ns2)cn1. The van der Waals surface area contributed by atoms with Crippen molar-refractivity contribution in [2.24, 2.45) is 0 Å². The van der Waals surface area contributed by atoms with E-state index in [0.717, 1.165) is 5.56 Å². The Morgan fingerprint density at radius 1 is 1.37 bits per heavy atom. The third-order valence-corrected chi connectivity index (χ3v) is 2.80. The standard InChI is InChI=1S/C10H9F3N4OS/c1-18-7-3-2-6(4-14-7)5-15-9-16-8(17-19-9)10(11,12)13/h2-4H,5H2,1H3,(H,15,16,17). The molecule has 0 aromatic carbocycles. The van der Waals surface area contributed by atoms with Crippen LogP contribution in [0, 0.1) is 0 Å². The zero-order valence-corrected chi connectivity index (χ0v) is 10.5. The molecule has 0 spiro atoms. The van der Waals surface area contributed by atoms with Gasteiger partial charge in [0.2, 0.25) is 16.8 Å². The van der Waals surface area contributed by atoms with E-state index in [1.807, 2.05) is 0 Å². The van der Waals surface area contributed by atoms with Crippen LogP contribution in [0.15, 0.2) is 18.3 Å². The molecule has 19 heavy (non-hydrogen) atoms. The summed E-state index contributed by atoms with van der Waals surface area (Å²) in [7, 11) is 1.50. The highest BCUT2D eigenvalue weighted by molar-refractivity contribution is 7.09. The molecule has 102 valence electrons. The molecule has 2 aromatic rings. The highest BCUT2D eigenvalue weighted by Gasteiger charge is 2.36. The Kier molecular flexibility index (Phi) is 3.84. The molecule has 0 saturated carbocycles. The summed E-state index contributed by atoms with van der Waals surface area (Å²) in [5, 5.41) is 2.87. The Hall–Kier alpha value is -1.90. The van der Waals surface area contributed by atoms with Gasteiger partial charge in [0.25, 0.3) is 0 Å². The summed E-state index contributed by atoms with van der Waals surface area (Å²) in [6.45, 7) is 0.309. The molecule has 2 aromatic heterocycles. The predicted octanol–water partition coefficient (Wildman–Crippen LogP) is 2.57. The average Bonchev–Trinajstić information content (AvgIpc) is 2.86. The first-order valence-electron chi connectivity index (χ1n) is 5.13. The van der Waals surface area contributed by atoms with Gasteiger partial charge in [-0.2, -0.15) is 22.5 Å². The van der Waals surface area contributed by atoms with Crippen LogP contribution in [0.3, 0.4) is 0 Å². The normalized spacial score (nSPS) is 11.4. The summed E-state index contributed by atoms with van der Waals surface area (Å²) in [6, 6.07) is 3.42. The van der Waals surface area contributed by atoms with Gasteiger partial charge in [0.15, 0.2) is 0 Å². The maximum Gasteiger partial charge on any atom is 0.452 e. The molecular formula is C10H9F3N4OS. The maximum atomic E-state index is 12.3. The number of methoxy groups -OCH3 is 1. The molecule has 1 N–H and O–H groups in total. The van der Waals surface area contributed by atoms with Crippen LogP contribution in [-0.2, 0) is 12.7 Å². The zero-order chi connectivity index (χ0) is 13.9. The zero-order valence-electron chi connectivity index (χ0n) is 9.73. The number of ether oxygens (including phenoxy) is 1. The fourth-order valence-electron chi connectivity index (χ4n) is 1.22. The fourth-order valence-corrected chi connectivity index (χ4v) is 1.81. The molecule has 0 aliphatic heterocycles. The first-order valence-corrected chi connectivity index (χ1v) is 5.90. The van der Waals surface area contributed by atoms with E-state index in [0.29, 0.717) is 24.0 Å². The van der Waals surface area contributed by atoms with Gasteiger partial charge in [-0.15, -0.1) is 0 Å². The molecule has 0 saturated heterocycles. The number of alkyl halides is 3. The van der Waals surface area contributed by atoms with E-state index >= 15 is 0 Å². The van der Waals surface area contributed by atoms with Crippen molar-refractivity contribution in [1.29, 1.82) is 0 Å². The third kappa shape index (κ3) is 3.53. The highest BCUT2D eigenvalue weighted by atomic mass is 32.1. The molecule has 0 bridgehead atoms. The molecule has 0 fully saturated rings. The maximum absolute atomic E-state index is 12.3. The molecule has 0 aliphatic carbocycles. The predicted molar refractivity (Wildman–Crippen MR) is 63.0 cm³/mol. The molecule has 0 amide bonds. The second-order valence-electron chi connectivity index (χ2n) is 3.48. The molecule has 2 rings (SSSR count). The van der Waals surface area contributed by atoms with Crippen molar-refractivity contribution >= 4 is 16.7 Å². The monoisotopic (exact) mass is 290 g/mol. The van der Waals surface area contributed by atoms with Gasteiger partial charge < -0.3 is 10.1 Å². The molecule has 0 radical (unpaired) electrons. The number of rotatable bonds is 4. The van der Waals surface area contributed by atoms with Crippen molar-refractivity contribution in [1.82, 2.24) is 14.3 Å². The summed E-state index contributed by atoms with van der Waals surface area (Å²) in [6.07, 6.45) is -2.95. The van der Waals surface area contributed by atoms with Crippen LogP contribution in [-0.4, -0.2) is 21.5 Å². The van der Waals surface area contributed by atoms with Gasteiger partial charge in [-0.05, 0) is 5.56 Å². The number of anilines is 1. The summed E-state index contributed by atoms with van der Waals surface area (Å²) in [4.78, 5) is 7.34. The number of halogens is 3. The summed E-state index contributed by atoms with van der Waals surface area (Å²) >= 11 is 0.666. The van der Waals surface area contributed by atoms with Crippen molar-refractivity contribution in [3.8, 4) is 5.88 Å². The minimum Gasteiger partial charge on any atom is -0.481 e. The van der Waals surface area contributed by atoms with E-state index in [4.69, 9.17) is 4.74 Å². The van der Waals surface area contributed by atoms with E-state index in [1.165, 1.54) is 7.11 Å². The smallest absolute Gasteiger partial charge is 0.452 e. The van der Waals surface area contributed by atoms with Crippen molar-refractivity contribution < 1.29 is 17.9 Å². The Bertz CT molecular complexity index is 540. The van der Waals surface area contributed by atoms with Crippen LogP contribution in [0.25, 0.3) is 0 Å². The highest BCUT2D eigenvalue weighted by Crippen LogP contribution is 2.29.